The maximum Gasteiger partial charge on any atom is 0.0377 e. The van der Waals surface area contributed by atoms with Gasteiger partial charge in [0.05, 0.1) is 0 Å². The lowest BCUT2D eigenvalue weighted by Crippen LogP contribution is -2.36. The van der Waals surface area contributed by atoms with Crippen LogP contribution in [0.25, 0.3) is 0 Å². The molecule has 0 aliphatic heterocycles. The summed E-state index contributed by atoms with van der Waals surface area (Å²) in [6, 6.07) is 6.98. The first-order valence-electron chi connectivity index (χ1n) is 7.24. The molecule has 0 saturated carbocycles. The zero-order chi connectivity index (χ0) is 15.1. The summed E-state index contributed by atoms with van der Waals surface area (Å²) in [5, 5.41) is 3.43. The summed E-state index contributed by atoms with van der Waals surface area (Å²) in [6.07, 6.45) is 0. The van der Waals surface area contributed by atoms with E-state index in [1.807, 2.05) is 7.05 Å². The predicted molar refractivity (Wildman–Crippen MR) is 85.9 cm³/mol. The van der Waals surface area contributed by atoms with Gasteiger partial charge in [0.1, 0.15) is 0 Å². The van der Waals surface area contributed by atoms with Crippen molar-refractivity contribution < 1.29 is 0 Å². The van der Waals surface area contributed by atoms with Crippen molar-refractivity contribution in [3.8, 4) is 0 Å². The number of hydrogen-bond acceptors (Lipinski definition) is 1. The predicted octanol–water partition coefficient (Wildman–Crippen LogP) is 4.74. The highest BCUT2D eigenvalue weighted by Crippen LogP contribution is 2.35. The SMILES string of the molecule is CNC(C)(C)c1ccc(C(C)(C)C)cc1C(C)(C)C. The third-order valence-corrected chi connectivity index (χ3v) is 3.99. The molecule has 1 nitrogen and oxygen atoms in total. The van der Waals surface area contributed by atoms with Crippen molar-refractivity contribution in [3.63, 3.8) is 0 Å². The Morgan fingerprint density at radius 1 is 0.737 bits per heavy atom. The van der Waals surface area contributed by atoms with E-state index in [1.165, 1.54) is 16.7 Å². The third-order valence-electron chi connectivity index (χ3n) is 3.99. The van der Waals surface area contributed by atoms with Gasteiger partial charge in [-0.3, -0.25) is 0 Å². The lowest BCUT2D eigenvalue weighted by atomic mass is 9.75. The van der Waals surface area contributed by atoms with E-state index < -0.39 is 0 Å². The highest BCUT2D eigenvalue weighted by Gasteiger charge is 2.28. The summed E-state index contributed by atoms with van der Waals surface area (Å²) in [4.78, 5) is 0. The van der Waals surface area contributed by atoms with Gasteiger partial charge in [-0.25, -0.2) is 0 Å². The minimum atomic E-state index is -0.000965. The van der Waals surface area contributed by atoms with Crippen LogP contribution in [-0.2, 0) is 16.4 Å². The fraction of sp³-hybridized carbons (Fsp3) is 0.667. The van der Waals surface area contributed by atoms with Crippen LogP contribution in [0.15, 0.2) is 18.2 Å². The smallest absolute Gasteiger partial charge is 0.0377 e. The molecule has 1 heteroatoms. The molecule has 1 N–H and O–H groups in total. The summed E-state index contributed by atoms with van der Waals surface area (Å²) in [5.74, 6) is 0. The lowest BCUT2D eigenvalue weighted by Gasteiger charge is -2.34. The van der Waals surface area contributed by atoms with Crippen molar-refractivity contribution in [1.82, 2.24) is 5.32 Å². The Balaban J connectivity index is 3.51. The topological polar surface area (TPSA) is 12.0 Å². The van der Waals surface area contributed by atoms with Gasteiger partial charge in [-0.1, -0.05) is 59.7 Å². The molecule has 0 fully saturated rings. The Hall–Kier alpha value is -0.820. The second-order valence-electron chi connectivity index (χ2n) is 8.14. The lowest BCUT2D eigenvalue weighted by molar-refractivity contribution is 0.427. The molecule has 0 aliphatic rings. The first-order valence-corrected chi connectivity index (χ1v) is 7.24. The molecule has 108 valence electrons. The minimum absolute atomic E-state index is 0.000965. The maximum atomic E-state index is 3.43. The van der Waals surface area contributed by atoms with E-state index >= 15 is 0 Å². The van der Waals surface area contributed by atoms with E-state index in [2.05, 4.69) is 78.9 Å². The Labute approximate surface area is 119 Å². The number of rotatable bonds is 2. The van der Waals surface area contributed by atoms with E-state index in [0.29, 0.717) is 0 Å². The molecule has 1 aromatic carbocycles. The molecule has 0 bridgehead atoms. The van der Waals surface area contributed by atoms with Crippen LogP contribution in [0, 0.1) is 0 Å². The van der Waals surface area contributed by atoms with Gasteiger partial charge in [-0.15, -0.1) is 0 Å². The molecule has 0 aromatic heterocycles. The van der Waals surface area contributed by atoms with E-state index in [9.17, 15) is 0 Å². The molecule has 1 rings (SSSR count). The average molecular weight is 261 g/mol. The van der Waals surface area contributed by atoms with Crippen LogP contribution in [0.2, 0.25) is 0 Å². The van der Waals surface area contributed by atoms with E-state index in [4.69, 9.17) is 0 Å². The van der Waals surface area contributed by atoms with Gasteiger partial charge in [0.15, 0.2) is 0 Å². The molecule has 0 amide bonds. The molecule has 0 radical (unpaired) electrons. The van der Waals surface area contributed by atoms with Crippen LogP contribution in [0.3, 0.4) is 0 Å². The van der Waals surface area contributed by atoms with E-state index in [0.717, 1.165) is 0 Å². The van der Waals surface area contributed by atoms with Gasteiger partial charge < -0.3 is 5.32 Å². The average Bonchev–Trinajstić information content (AvgIpc) is 2.26. The summed E-state index contributed by atoms with van der Waals surface area (Å²) in [6.45, 7) is 18.2. The first-order chi connectivity index (χ1) is 8.39. The van der Waals surface area contributed by atoms with Crippen molar-refractivity contribution in [1.29, 1.82) is 0 Å². The quantitative estimate of drug-likeness (QED) is 0.811. The van der Waals surface area contributed by atoms with Gasteiger partial charge in [0, 0.05) is 5.54 Å². The third kappa shape index (κ3) is 3.60. The van der Waals surface area contributed by atoms with Crippen molar-refractivity contribution in [2.75, 3.05) is 7.05 Å². The van der Waals surface area contributed by atoms with E-state index in [-0.39, 0.29) is 16.4 Å². The standard InChI is InChI=1S/C18H31N/c1-16(2,3)13-10-11-14(18(7,8)19-9)15(12-13)17(4,5)6/h10-12,19H,1-9H3. The number of nitrogens with one attached hydrogen (secondary N) is 1. The number of benzene rings is 1. The number of hydrogen-bond donors (Lipinski definition) is 1. The summed E-state index contributed by atoms with van der Waals surface area (Å²) >= 11 is 0. The Morgan fingerprint density at radius 3 is 1.63 bits per heavy atom. The Morgan fingerprint density at radius 2 is 1.26 bits per heavy atom. The Kier molecular flexibility index (Phi) is 4.22. The van der Waals surface area contributed by atoms with Gasteiger partial charge in [0.2, 0.25) is 0 Å². The monoisotopic (exact) mass is 261 g/mol. The van der Waals surface area contributed by atoms with E-state index in [1.54, 1.807) is 0 Å². The second-order valence-corrected chi connectivity index (χ2v) is 8.14. The van der Waals surface area contributed by atoms with Crippen LogP contribution in [0.5, 0.6) is 0 Å². The highest BCUT2D eigenvalue weighted by atomic mass is 14.9. The molecule has 0 atom stereocenters. The molecule has 0 saturated heterocycles. The van der Waals surface area contributed by atoms with Gasteiger partial charge in [0.25, 0.3) is 0 Å². The Bertz CT molecular complexity index is 442. The van der Waals surface area contributed by atoms with Gasteiger partial charge >= 0.3 is 0 Å². The van der Waals surface area contributed by atoms with Crippen molar-refractivity contribution in [2.24, 2.45) is 0 Å². The molecule has 0 heterocycles. The van der Waals surface area contributed by atoms with Crippen LogP contribution in [0.4, 0.5) is 0 Å². The van der Waals surface area contributed by atoms with Crippen molar-refractivity contribution in [2.45, 2.75) is 71.8 Å². The molecule has 0 unspecified atom stereocenters. The zero-order valence-corrected chi connectivity index (χ0v) is 14.2. The molecular weight excluding hydrogens is 230 g/mol. The molecule has 0 aliphatic carbocycles. The second kappa shape index (κ2) is 4.94. The summed E-state index contributed by atoms with van der Waals surface area (Å²) in [5.41, 5.74) is 4.61. The normalized spacial score (nSPS) is 13.7. The fourth-order valence-corrected chi connectivity index (χ4v) is 2.31. The van der Waals surface area contributed by atoms with Gasteiger partial charge in [-0.05, 0) is 48.4 Å². The van der Waals surface area contributed by atoms with Crippen LogP contribution < -0.4 is 5.32 Å². The molecule has 19 heavy (non-hydrogen) atoms. The zero-order valence-electron chi connectivity index (χ0n) is 14.2. The summed E-state index contributed by atoms with van der Waals surface area (Å²) in [7, 11) is 2.03. The van der Waals surface area contributed by atoms with Crippen LogP contribution in [0.1, 0.15) is 72.1 Å². The van der Waals surface area contributed by atoms with Crippen LogP contribution >= 0.6 is 0 Å². The summed E-state index contributed by atoms with van der Waals surface area (Å²) < 4.78 is 0. The first kappa shape index (κ1) is 16.2. The van der Waals surface area contributed by atoms with Crippen LogP contribution in [-0.4, -0.2) is 7.05 Å². The van der Waals surface area contributed by atoms with Crippen molar-refractivity contribution in [3.05, 3.63) is 34.9 Å². The van der Waals surface area contributed by atoms with Gasteiger partial charge in [-0.2, -0.15) is 0 Å². The fourth-order valence-electron chi connectivity index (χ4n) is 2.31. The minimum Gasteiger partial charge on any atom is -0.311 e. The highest BCUT2D eigenvalue weighted by molar-refractivity contribution is 5.42. The molecular formula is C18H31N. The molecule has 0 spiro atoms. The van der Waals surface area contributed by atoms with Crippen molar-refractivity contribution >= 4 is 0 Å². The molecule has 1 aromatic rings. The maximum absolute atomic E-state index is 3.43. The largest absolute Gasteiger partial charge is 0.311 e.